The minimum Gasteiger partial charge on any atom is -0.368 e. The van der Waals surface area contributed by atoms with E-state index >= 15 is 0 Å². The largest absolute Gasteiger partial charge is 0.368 e. The zero-order chi connectivity index (χ0) is 21.4. The minimum absolute atomic E-state index is 0.0167. The van der Waals surface area contributed by atoms with Crippen molar-refractivity contribution in [2.45, 2.75) is 45.6 Å². The average molecular weight is 439 g/mol. The number of morpholine rings is 1. The van der Waals surface area contributed by atoms with Crippen LogP contribution in [0.25, 0.3) is 0 Å². The van der Waals surface area contributed by atoms with Gasteiger partial charge in [0.15, 0.2) is 10.8 Å². The van der Waals surface area contributed by atoms with Gasteiger partial charge in [0.25, 0.3) is 5.91 Å². The van der Waals surface area contributed by atoms with Crippen LogP contribution >= 0.6 is 11.3 Å². The fourth-order valence-electron chi connectivity index (χ4n) is 4.29. The molecule has 0 saturated carbocycles. The van der Waals surface area contributed by atoms with Crippen LogP contribution in [-0.4, -0.2) is 50.7 Å². The number of anilines is 2. The molecule has 1 aliphatic heterocycles. The van der Waals surface area contributed by atoms with Crippen LogP contribution in [0.1, 0.15) is 57.0 Å². The highest BCUT2D eigenvalue weighted by molar-refractivity contribution is 7.15. The van der Waals surface area contributed by atoms with Gasteiger partial charge in [-0.05, 0) is 51.7 Å². The standard InChI is InChI=1S/C22H26N6O2S/c1-13-9-15(25-22-23-11-14(2)31-22)10-18(24-13)19-12-28(7-8-30-19)21(29)20-16-5-3-4-6-17(16)26-27-20/h9-11,19H,3-8,12H2,1-2H3,(H,26,27)(H,23,24,25). The Labute approximate surface area is 185 Å². The predicted molar refractivity (Wildman–Crippen MR) is 119 cm³/mol. The van der Waals surface area contributed by atoms with Crippen molar-refractivity contribution < 1.29 is 9.53 Å². The van der Waals surface area contributed by atoms with Crippen LogP contribution in [0.5, 0.6) is 0 Å². The number of pyridine rings is 1. The second-order valence-electron chi connectivity index (χ2n) is 8.17. The number of rotatable bonds is 4. The molecule has 8 nitrogen and oxygen atoms in total. The number of aryl methyl sites for hydroxylation is 3. The van der Waals surface area contributed by atoms with Gasteiger partial charge in [-0.3, -0.25) is 14.9 Å². The van der Waals surface area contributed by atoms with Crippen molar-refractivity contribution in [3.8, 4) is 0 Å². The predicted octanol–water partition coefficient (Wildman–Crippen LogP) is 3.71. The van der Waals surface area contributed by atoms with E-state index in [4.69, 9.17) is 4.74 Å². The molecule has 1 aliphatic carbocycles. The molecule has 9 heteroatoms. The summed E-state index contributed by atoms with van der Waals surface area (Å²) in [4.78, 5) is 25.3. The van der Waals surface area contributed by atoms with E-state index in [2.05, 4.69) is 25.5 Å². The first-order chi connectivity index (χ1) is 15.1. The normalized spacial score (nSPS) is 18.6. The molecule has 1 saturated heterocycles. The molecule has 3 aromatic rings. The summed E-state index contributed by atoms with van der Waals surface area (Å²) < 4.78 is 6.01. The van der Waals surface area contributed by atoms with Crippen molar-refractivity contribution in [3.63, 3.8) is 0 Å². The number of carbonyl (C=O) groups excluding carboxylic acids is 1. The number of aromatic nitrogens is 4. The first-order valence-electron chi connectivity index (χ1n) is 10.7. The van der Waals surface area contributed by atoms with E-state index in [1.807, 2.05) is 37.1 Å². The van der Waals surface area contributed by atoms with Gasteiger partial charge in [-0.1, -0.05) is 0 Å². The van der Waals surface area contributed by atoms with Gasteiger partial charge in [0.2, 0.25) is 0 Å². The third-order valence-electron chi connectivity index (χ3n) is 5.79. The number of nitrogens with zero attached hydrogens (tertiary/aromatic N) is 4. The highest BCUT2D eigenvalue weighted by atomic mass is 32.1. The maximum Gasteiger partial charge on any atom is 0.274 e. The van der Waals surface area contributed by atoms with Crippen molar-refractivity contribution in [1.29, 1.82) is 0 Å². The van der Waals surface area contributed by atoms with Gasteiger partial charge >= 0.3 is 0 Å². The van der Waals surface area contributed by atoms with Gasteiger partial charge in [-0.15, -0.1) is 11.3 Å². The Bertz CT molecular complexity index is 1110. The molecule has 0 radical (unpaired) electrons. The summed E-state index contributed by atoms with van der Waals surface area (Å²) in [5.74, 6) is -0.0167. The lowest BCUT2D eigenvalue weighted by molar-refractivity contribution is -0.0249. The van der Waals surface area contributed by atoms with E-state index in [-0.39, 0.29) is 12.0 Å². The van der Waals surface area contributed by atoms with Gasteiger partial charge < -0.3 is 15.0 Å². The van der Waals surface area contributed by atoms with Gasteiger partial charge in [0, 0.05) is 40.3 Å². The molecule has 1 amide bonds. The van der Waals surface area contributed by atoms with Crippen molar-refractivity contribution in [2.75, 3.05) is 25.0 Å². The molecule has 0 aromatic carbocycles. The van der Waals surface area contributed by atoms with Crippen molar-refractivity contribution in [2.24, 2.45) is 0 Å². The topological polar surface area (TPSA) is 96.0 Å². The summed E-state index contributed by atoms with van der Waals surface area (Å²) in [5.41, 5.74) is 5.42. The Morgan fingerprint density at radius 1 is 1.29 bits per heavy atom. The van der Waals surface area contributed by atoms with Gasteiger partial charge in [-0.2, -0.15) is 5.10 Å². The first-order valence-corrected chi connectivity index (χ1v) is 11.5. The Hall–Kier alpha value is -2.78. The number of carbonyl (C=O) groups is 1. The molecule has 0 spiro atoms. The summed E-state index contributed by atoms with van der Waals surface area (Å²) in [6.07, 6.45) is 5.74. The molecule has 5 rings (SSSR count). The Balaban J connectivity index is 1.34. The van der Waals surface area contributed by atoms with Crippen LogP contribution in [0, 0.1) is 13.8 Å². The van der Waals surface area contributed by atoms with Gasteiger partial charge in [0.05, 0.1) is 18.8 Å². The fourth-order valence-corrected chi connectivity index (χ4v) is 4.97. The van der Waals surface area contributed by atoms with Crippen LogP contribution in [-0.2, 0) is 17.6 Å². The first kappa shape index (κ1) is 20.1. The monoisotopic (exact) mass is 438 g/mol. The molecular formula is C22H26N6O2S. The smallest absolute Gasteiger partial charge is 0.274 e. The number of hydrogen-bond acceptors (Lipinski definition) is 7. The molecule has 4 heterocycles. The fraction of sp³-hybridized carbons (Fsp3) is 0.455. The Kier molecular flexibility index (Phi) is 5.45. The molecule has 1 atom stereocenters. The number of fused-ring (bicyclic) bond motifs is 1. The number of thiazole rings is 1. The highest BCUT2D eigenvalue weighted by Gasteiger charge is 2.31. The number of nitrogens with one attached hydrogen (secondary N) is 2. The highest BCUT2D eigenvalue weighted by Crippen LogP contribution is 2.29. The third kappa shape index (κ3) is 4.20. The van der Waals surface area contributed by atoms with Gasteiger partial charge in [0.1, 0.15) is 6.10 Å². The van der Waals surface area contributed by atoms with Crippen molar-refractivity contribution in [1.82, 2.24) is 25.1 Å². The lowest BCUT2D eigenvalue weighted by atomic mass is 9.95. The van der Waals surface area contributed by atoms with E-state index in [1.165, 1.54) is 0 Å². The van der Waals surface area contributed by atoms with E-state index in [9.17, 15) is 4.79 Å². The lowest BCUT2D eigenvalue weighted by Gasteiger charge is -2.32. The zero-order valence-corrected chi connectivity index (χ0v) is 18.6. The molecule has 3 aromatic heterocycles. The maximum absolute atomic E-state index is 13.2. The zero-order valence-electron chi connectivity index (χ0n) is 17.8. The lowest BCUT2D eigenvalue weighted by Crippen LogP contribution is -2.43. The van der Waals surface area contributed by atoms with E-state index in [1.54, 1.807) is 11.3 Å². The van der Waals surface area contributed by atoms with Crippen LogP contribution in [0.15, 0.2) is 18.3 Å². The van der Waals surface area contributed by atoms with Crippen LogP contribution in [0.2, 0.25) is 0 Å². The molecule has 2 aliphatic rings. The molecule has 162 valence electrons. The SMILES string of the molecule is Cc1cc(Nc2ncc(C)s2)cc(C2CN(C(=O)c3n[nH]c4c3CCCC4)CCO2)n1. The molecule has 0 bridgehead atoms. The second kappa shape index (κ2) is 8.39. The van der Waals surface area contributed by atoms with Crippen LogP contribution in [0.4, 0.5) is 10.8 Å². The quantitative estimate of drug-likeness (QED) is 0.645. The summed E-state index contributed by atoms with van der Waals surface area (Å²) in [6, 6.07) is 3.97. The summed E-state index contributed by atoms with van der Waals surface area (Å²) >= 11 is 1.61. The molecule has 2 N–H and O–H groups in total. The van der Waals surface area contributed by atoms with Crippen molar-refractivity contribution in [3.05, 3.63) is 51.5 Å². The van der Waals surface area contributed by atoms with E-state index in [0.717, 1.165) is 64.0 Å². The Morgan fingerprint density at radius 3 is 3.00 bits per heavy atom. The van der Waals surface area contributed by atoms with Crippen LogP contribution < -0.4 is 5.32 Å². The molecule has 1 fully saturated rings. The Morgan fingerprint density at radius 2 is 2.16 bits per heavy atom. The number of H-pyrrole nitrogens is 1. The number of hydrogen-bond donors (Lipinski definition) is 2. The summed E-state index contributed by atoms with van der Waals surface area (Å²) in [6.45, 7) is 5.50. The molecule has 1 unspecified atom stereocenters. The summed E-state index contributed by atoms with van der Waals surface area (Å²) in [5, 5.41) is 11.6. The number of aromatic amines is 1. The third-order valence-corrected chi connectivity index (χ3v) is 6.62. The average Bonchev–Trinajstić information content (AvgIpc) is 3.39. The maximum atomic E-state index is 13.2. The number of amides is 1. The van der Waals surface area contributed by atoms with E-state index < -0.39 is 0 Å². The molecular weight excluding hydrogens is 412 g/mol. The molecule has 31 heavy (non-hydrogen) atoms. The van der Waals surface area contributed by atoms with E-state index in [0.29, 0.717) is 25.4 Å². The van der Waals surface area contributed by atoms with Crippen molar-refractivity contribution >= 4 is 28.1 Å². The second-order valence-corrected chi connectivity index (χ2v) is 9.40. The van der Waals surface area contributed by atoms with Crippen LogP contribution in [0.3, 0.4) is 0 Å². The van der Waals surface area contributed by atoms with Gasteiger partial charge in [-0.25, -0.2) is 4.98 Å². The minimum atomic E-state index is -0.272. The summed E-state index contributed by atoms with van der Waals surface area (Å²) in [7, 11) is 0. The number of ether oxygens (including phenoxy) is 1.